The van der Waals surface area contributed by atoms with Crippen LogP contribution in [0.1, 0.15) is 32.3 Å². The molecule has 0 bridgehead atoms. The van der Waals surface area contributed by atoms with Crippen molar-refractivity contribution in [1.82, 2.24) is 0 Å². The average molecular weight is 230 g/mol. The largest absolute Gasteiger partial charge is 0.461 e. The molecule has 0 saturated heterocycles. The normalized spacial score (nSPS) is 13.6. The Kier molecular flexibility index (Phi) is 3.62. The highest BCUT2D eigenvalue weighted by molar-refractivity contribution is 5.71. The summed E-state index contributed by atoms with van der Waals surface area (Å²) in [5.41, 5.74) is 1.06. The van der Waals surface area contributed by atoms with Crippen molar-refractivity contribution in [3.05, 3.63) is 34.2 Å². The Labute approximate surface area is 102 Å². The van der Waals surface area contributed by atoms with Crippen molar-refractivity contribution in [2.45, 2.75) is 33.3 Å². The molecule has 0 saturated carbocycles. The van der Waals surface area contributed by atoms with Crippen LogP contribution >= 0.6 is 0 Å². The predicted octanol–water partition coefficient (Wildman–Crippen LogP) is 1.74. The van der Waals surface area contributed by atoms with Gasteiger partial charge in [-0.3, -0.25) is 4.79 Å². The summed E-state index contributed by atoms with van der Waals surface area (Å²) < 4.78 is 5.22. The molecule has 2 heteroatoms. The lowest BCUT2D eigenvalue weighted by molar-refractivity contribution is -0.148. The molecule has 0 fully saturated rings. The molecule has 1 aliphatic carbocycles. The van der Waals surface area contributed by atoms with E-state index in [-0.39, 0.29) is 11.9 Å². The van der Waals surface area contributed by atoms with Crippen molar-refractivity contribution in [1.29, 1.82) is 0 Å². The second-order valence-electron chi connectivity index (χ2n) is 4.71. The maximum absolute atomic E-state index is 11.4. The number of fused-ring (bicyclic) bond motifs is 1. The zero-order valence-corrected chi connectivity index (χ0v) is 10.4. The van der Waals surface area contributed by atoms with E-state index in [0.717, 1.165) is 18.4 Å². The van der Waals surface area contributed by atoms with Crippen LogP contribution in [0.3, 0.4) is 0 Å². The molecular formula is C15H18O2. The van der Waals surface area contributed by atoms with Crippen molar-refractivity contribution in [2.24, 2.45) is 5.92 Å². The maximum atomic E-state index is 11.4. The van der Waals surface area contributed by atoms with Gasteiger partial charge in [-0.25, -0.2) is 0 Å². The zero-order chi connectivity index (χ0) is 12.3. The van der Waals surface area contributed by atoms with Crippen molar-refractivity contribution in [3.8, 4) is 0 Å². The van der Waals surface area contributed by atoms with Gasteiger partial charge >= 0.3 is 5.97 Å². The van der Waals surface area contributed by atoms with Crippen molar-refractivity contribution < 1.29 is 9.53 Å². The van der Waals surface area contributed by atoms with Crippen LogP contribution in [0.2, 0.25) is 0 Å². The Balaban J connectivity index is 2.11. The van der Waals surface area contributed by atoms with Gasteiger partial charge in [-0.2, -0.15) is 0 Å². The summed E-state index contributed by atoms with van der Waals surface area (Å²) in [6.07, 6.45) is 6.71. The van der Waals surface area contributed by atoms with Crippen LogP contribution in [0.5, 0.6) is 0 Å². The lowest BCUT2D eigenvalue weighted by Crippen LogP contribution is -2.27. The van der Waals surface area contributed by atoms with Crippen LogP contribution in [-0.2, 0) is 16.1 Å². The highest BCUT2D eigenvalue weighted by Crippen LogP contribution is 2.03. The number of benzene rings is 1. The van der Waals surface area contributed by atoms with E-state index in [0.29, 0.717) is 6.61 Å². The van der Waals surface area contributed by atoms with Crippen molar-refractivity contribution >= 4 is 18.1 Å². The first-order chi connectivity index (χ1) is 8.16. The third-order valence-corrected chi connectivity index (χ3v) is 2.90. The number of carbonyl (C=O) groups excluding carboxylic acids is 1. The van der Waals surface area contributed by atoms with Crippen LogP contribution in [0.4, 0.5) is 0 Å². The summed E-state index contributed by atoms with van der Waals surface area (Å²) in [7, 11) is 0. The Bertz CT molecular complexity index is 526. The van der Waals surface area contributed by atoms with Gasteiger partial charge in [0.1, 0.15) is 6.61 Å². The number of rotatable bonds is 3. The van der Waals surface area contributed by atoms with Crippen LogP contribution in [-0.4, -0.2) is 5.97 Å². The lowest BCUT2D eigenvalue weighted by atomic mass is 10.1. The fraction of sp³-hybridized carbons (Fsp3) is 0.400. The SMILES string of the molecule is CC(C)C(=O)OCc1ccc2c(c1)=CCCC=2. The molecule has 0 spiro atoms. The van der Waals surface area contributed by atoms with E-state index >= 15 is 0 Å². The molecule has 0 radical (unpaired) electrons. The second-order valence-corrected chi connectivity index (χ2v) is 4.71. The summed E-state index contributed by atoms with van der Waals surface area (Å²) in [5, 5.41) is 2.55. The molecule has 0 aliphatic heterocycles. The van der Waals surface area contributed by atoms with Gasteiger partial charge in [0.2, 0.25) is 0 Å². The lowest BCUT2D eigenvalue weighted by Gasteiger charge is -2.08. The van der Waals surface area contributed by atoms with E-state index < -0.39 is 0 Å². The Morgan fingerprint density at radius 1 is 1.24 bits per heavy atom. The summed E-state index contributed by atoms with van der Waals surface area (Å²) in [6, 6.07) is 6.24. The van der Waals surface area contributed by atoms with Gasteiger partial charge in [0, 0.05) is 0 Å². The molecule has 0 unspecified atom stereocenters. The minimum Gasteiger partial charge on any atom is -0.461 e. The standard InChI is InChI=1S/C15H18O2/c1-11(2)15(16)17-10-12-7-8-13-5-3-4-6-14(13)9-12/h5-9,11H,3-4,10H2,1-2H3. The Morgan fingerprint density at radius 3 is 2.65 bits per heavy atom. The molecule has 2 rings (SSSR count). The smallest absolute Gasteiger partial charge is 0.308 e. The number of carbonyl (C=O) groups is 1. The summed E-state index contributed by atoms with van der Waals surface area (Å²) >= 11 is 0. The number of esters is 1. The zero-order valence-electron chi connectivity index (χ0n) is 10.4. The molecule has 0 heterocycles. The summed E-state index contributed by atoms with van der Waals surface area (Å²) in [4.78, 5) is 11.4. The molecule has 0 aromatic heterocycles. The predicted molar refractivity (Wildman–Crippen MR) is 68.5 cm³/mol. The van der Waals surface area contributed by atoms with E-state index in [1.54, 1.807) is 0 Å². The Hall–Kier alpha value is -1.57. The van der Waals surface area contributed by atoms with Gasteiger partial charge < -0.3 is 4.74 Å². The molecule has 0 N–H and O–H groups in total. The molecule has 1 aromatic rings. The van der Waals surface area contributed by atoms with Crippen molar-refractivity contribution in [2.75, 3.05) is 0 Å². The monoisotopic (exact) mass is 230 g/mol. The van der Waals surface area contributed by atoms with E-state index in [9.17, 15) is 4.79 Å². The number of ether oxygens (including phenoxy) is 1. The van der Waals surface area contributed by atoms with E-state index in [1.165, 1.54) is 10.4 Å². The van der Waals surface area contributed by atoms with Crippen LogP contribution in [0.25, 0.3) is 12.2 Å². The number of hydrogen-bond acceptors (Lipinski definition) is 2. The van der Waals surface area contributed by atoms with Gasteiger partial charge in [0.15, 0.2) is 0 Å². The first kappa shape index (κ1) is 11.9. The average Bonchev–Trinajstić information content (AvgIpc) is 2.35. The molecule has 0 amide bonds. The summed E-state index contributed by atoms with van der Waals surface area (Å²) in [5.74, 6) is -0.203. The van der Waals surface area contributed by atoms with Gasteiger partial charge in [-0.1, -0.05) is 38.1 Å². The maximum Gasteiger partial charge on any atom is 0.308 e. The third kappa shape index (κ3) is 2.96. The fourth-order valence-electron chi connectivity index (χ4n) is 1.88. The molecule has 2 nitrogen and oxygen atoms in total. The Morgan fingerprint density at radius 2 is 1.94 bits per heavy atom. The number of hydrogen-bond donors (Lipinski definition) is 0. The van der Waals surface area contributed by atoms with E-state index in [2.05, 4.69) is 24.3 Å². The minimum atomic E-state index is -0.140. The van der Waals surface area contributed by atoms with Gasteiger partial charge in [-0.15, -0.1) is 0 Å². The topological polar surface area (TPSA) is 26.3 Å². The van der Waals surface area contributed by atoms with Crippen LogP contribution in [0.15, 0.2) is 18.2 Å². The van der Waals surface area contributed by atoms with Crippen molar-refractivity contribution in [3.63, 3.8) is 0 Å². The first-order valence-corrected chi connectivity index (χ1v) is 6.13. The summed E-state index contributed by atoms with van der Waals surface area (Å²) in [6.45, 7) is 4.06. The minimum absolute atomic E-state index is 0.0625. The third-order valence-electron chi connectivity index (χ3n) is 2.90. The molecule has 1 aromatic carbocycles. The molecule has 1 aliphatic rings. The quantitative estimate of drug-likeness (QED) is 0.739. The molecule has 0 atom stereocenters. The van der Waals surface area contributed by atoms with E-state index in [4.69, 9.17) is 4.74 Å². The van der Waals surface area contributed by atoms with Crippen LogP contribution in [0, 0.1) is 5.92 Å². The van der Waals surface area contributed by atoms with E-state index in [1.807, 2.05) is 19.9 Å². The highest BCUT2D eigenvalue weighted by Gasteiger charge is 2.08. The fourth-order valence-corrected chi connectivity index (χ4v) is 1.88. The van der Waals surface area contributed by atoms with Gasteiger partial charge in [0.05, 0.1) is 5.92 Å². The molecular weight excluding hydrogens is 212 g/mol. The molecule has 90 valence electrons. The first-order valence-electron chi connectivity index (χ1n) is 6.13. The van der Waals surface area contributed by atoms with Gasteiger partial charge in [0.25, 0.3) is 0 Å². The van der Waals surface area contributed by atoms with Crippen LogP contribution < -0.4 is 10.4 Å². The molecule has 17 heavy (non-hydrogen) atoms. The van der Waals surface area contributed by atoms with Gasteiger partial charge in [-0.05, 0) is 34.9 Å². The highest BCUT2D eigenvalue weighted by atomic mass is 16.5. The second kappa shape index (κ2) is 5.17.